The smallest absolute Gasteiger partial charge is 0.266 e. The Hall–Kier alpha value is -4.53. The van der Waals surface area contributed by atoms with Crippen LogP contribution in [0.5, 0.6) is 11.5 Å². The van der Waals surface area contributed by atoms with E-state index < -0.39 is 5.91 Å². The molecule has 6 heteroatoms. The van der Waals surface area contributed by atoms with Gasteiger partial charge in [0.2, 0.25) is 0 Å². The van der Waals surface area contributed by atoms with Crippen molar-refractivity contribution in [1.29, 1.82) is 5.26 Å². The van der Waals surface area contributed by atoms with Gasteiger partial charge in [0, 0.05) is 10.7 Å². The Balaban J connectivity index is 1.31. The van der Waals surface area contributed by atoms with Crippen molar-refractivity contribution in [1.82, 2.24) is 0 Å². The first kappa shape index (κ1) is 25.6. The second-order valence-corrected chi connectivity index (χ2v) is 8.85. The highest BCUT2D eigenvalue weighted by Gasteiger charge is 2.10. The lowest BCUT2D eigenvalue weighted by Gasteiger charge is -2.09. The molecule has 37 heavy (non-hydrogen) atoms. The van der Waals surface area contributed by atoms with Crippen LogP contribution in [0.15, 0.2) is 103 Å². The van der Waals surface area contributed by atoms with E-state index in [-0.39, 0.29) is 5.57 Å². The van der Waals surface area contributed by atoms with Gasteiger partial charge in [0.25, 0.3) is 5.91 Å². The fourth-order valence-corrected chi connectivity index (χ4v) is 3.65. The van der Waals surface area contributed by atoms with Crippen LogP contribution in [0.4, 0.5) is 5.69 Å². The van der Waals surface area contributed by atoms with Gasteiger partial charge in [-0.05, 0) is 78.2 Å². The number of nitrogens with one attached hydrogen (secondary N) is 1. The predicted molar refractivity (Wildman–Crippen MR) is 146 cm³/mol. The minimum atomic E-state index is -0.489. The maximum Gasteiger partial charge on any atom is 0.266 e. The SMILES string of the molecule is Cc1cccc(COc2ccc(/C=C(\C#N)C(=O)Nc3ccc(OCc4ccc(Cl)cc4)cc3)cc2)c1. The maximum absolute atomic E-state index is 12.7. The summed E-state index contributed by atoms with van der Waals surface area (Å²) in [6.45, 7) is 2.91. The number of carbonyl (C=O) groups is 1. The molecule has 4 aromatic carbocycles. The topological polar surface area (TPSA) is 71.3 Å². The highest BCUT2D eigenvalue weighted by Crippen LogP contribution is 2.20. The summed E-state index contributed by atoms with van der Waals surface area (Å²) >= 11 is 5.90. The zero-order chi connectivity index (χ0) is 26.0. The summed E-state index contributed by atoms with van der Waals surface area (Å²) in [4.78, 5) is 12.7. The normalized spacial score (nSPS) is 10.9. The summed E-state index contributed by atoms with van der Waals surface area (Å²) in [5.74, 6) is 0.880. The first-order valence-electron chi connectivity index (χ1n) is 11.7. The Labute approximate surface area is 221 Å². The third-order valence-corrected chi connectivity index (χ3v) is 5.73. The molecule has 0 aliphatic rings. The van der Waals surface area contributed by atoms with Gasteiger partial charge in [0.15, 0.2) is 0 Å². The molecular weight excluding hydrogens is 484 g/mol. The van der Waals surface area contributed by atoms with Gasteiger partial charge in [-0.2, -0.15) is 5.26 Å². The van der Waals surface area contributed by atoms with Gasteiger partial charge in [-0.15, -0.1) is 0 Å². The Kier molecular flexibility index (Phi) is 8.59. The molecule has 0 bridgehead atoms. The standard InChI is InChI=1S/C31H25ClN2O3/c1-22-3-2-4-25(17-22)21-37-29-13-7-23(8-14-29)18-26(19-33)31(35)34-28-11-15-30(16-12-28)36-20-24-5-9-27(32)10-6-24/h2-18H,20-21H2,1H3,(H,34,35)/b26-18+. The number of benzene rings is 4. The second kappa shape index (κ2) is 12.4. The third kappa shape index (κ3) is 7.73. The number of nitriles is 1. The molecule has 4 rings (SSSR count). The van der Waals surface area contributed by atoms with Crippen molar-refractivity contribution < 1.29 is 14.3 Å². The van der Waals surface area contributed by atoms with Gasteiger partial charge < -0.3 is 14.8 Å². The van der Waals surface area contributed by atoms with Crippen LogP contribution >= 0.6 is 11.6 Å². The molecule has 0 atom stereocenters. The average Bonchev–Trinajstić information content (AvgIpc) is 2.91. The highest BCUT2D eigenvalue weighted by molar-refractivity contribution is 6.30. The zero-order valence-electron chi connectivity index (χ0n) is 20.3. The lowest BCUT2D eigenvalue weighted by molar-refractivity contribution is -0.112. The number of nitrogens with zero attached hydrogens (tertiary/aromatic N) is 1. The number of ether oxygens (including phenoxy) is 2. The molecule has 0 heterocycles. The van der Waals surface area contributed by atoms with Crippen LogP contribution in [0.2, 0.25) is 5.02 Å². The summed E-state index contributed by atoms with van der Waals surface area (Å²) in [5, 5.41) is 13.0. The average molecular weight is 509 g/mol. The van der Waals surface area contributed by atoms with Gasteiger partial charge in [-0.1, -0.05) is 65.7 Å². The van der Waals surface area contributed by atoms with Crippen LogP contribution in [-0.2, 0) is 18.0 Å². The zero-order valence-corrected chi connectivity index (χ0v) is 21.0. The van der Waals surface area contributed by atoms with Crippen LogP contribution in [0.1, 0.15) is 22.3 Å². The number of rotatable bonds is 9. The molecule has 5 nitrogen and oxygen atoms in total. The summed E-state index contributed by atoms with van der Waals surface area (Å²) in [6, 6.07) is 31.8. The molecule has 0 unspecified atom stereocenters. The van der Waals surface area contributed by atoms with Crippen molar-refractivity contribution in [3.63, 3.8) is 0 Å². The van der Waals surface area contributed by atoms with Gasteiger partial charge >= 0.3 is 0 Å². The van der Waals surface area contributed by atoms with E-state index in [1.807, 2.05) is 79.7 Å². The minimum Gasteiger partial charge on any atom is -0.489 e. The molecule has 0 aromatic heterocycles. The minimum absolute atomic E-state index is 0.00325. The number of halogens is 1. The number of hydrogen-bond acceptors (Lipinski definition) is 4. The van der Waals surface area contributed by atoms with Gasteiger partial charge in [-0.25, -0.2) is 0 Å². The van der Waals surface area contributed by atoms with Crippen molar-refractivity contribution in [2.24, 2.45) is 0 Å². The van der Waals surface area contributed by atoms with E-state index in [2.05, 4.69) is 11.4 Å². The van der Waals surface area contributed by atoms with E-state index >= 15 is 0 Å². The van der Waals surface area contributed by atoms with Crippen molar-refractivity contribution in [3.05, 3.63) is 130 Å². The number of carbonyl (C=O) groups excluding carboxylic acids is 1. The molecule has 1 amide bonds. The number of hydrogen-bond donors (Lipinski definition) is 1. The molecular formula is C31H25ClN2O3. The number of aryl methyl sites for hydroxylation is 1. The summed E-state index contributed by atoms with van der Waals surface area (Å²) in [5.41, 5.74) is 4.55. The Morgan fingerprint density at radius 3 is 2.11 bits per heavy atom. The fourth-order valence-electron chi connectivity index (χ4n) is 3.52. The van der Waals surface area contributed by atoms with Gasteiger partial charge in [0.1, 0.15) is 36.4 Å². The monoisotopic (exact) mass is 508 g/mol. The predicted octanol–water partition coefficient (Wildman–Crippen LogP) is 7.35. The Morgan fingerprint density at radius 2 is 1.49 bits per heavy atom. The summed E-state index contributed by atoms with van der Waals surface area (Å²) in [6.07, 6.45) is 1.54. The molecule has 0 fully saturated rings. The molecule has 0 radical (unpaired) electrons. The van der Waals surface area contributed by atoms with E-state index in [0.717, 1.165) is 16.7 Å². The molecule has 0 aliphatic carbocycles. The van der Waals surface area contributed by atoms with E-state index in [1.54, 1.807) is 30.3 Å². The van der Waals surface area contributed by atoms with Gasteiger partial charge in [0.05, 0.1) is 0 Å². The number of amides is 1. The summed E-state index contributed by atoms with van der Waals surface area (Å²) < 4.78 is 11.6. The first-order valence-corrected chi connectivity index (χ1v) is 12.1. The highest BCUT2D eigenvalue weighted by atomic mass is 35.5. The lowest BCUT2D eigenvalue weighted by atomic mass is 10.1. The molecule has 0 saturated heterocycles. The van der Waals surface area contributed by atoms with E-state index in [9.17, 15) is 10.1 Å². The van der Waals surface area contributed by atoms with Crippen LogP contribution in [-0.4, -0.2) is 5.91 Å². The quantitative estimate of drug-likeness (QED) is 0.189. The van der Waals surface area contributed by atoms with E-state index in [1.165, 1.54) is 5.56 Å². The Bertz CT molecular complexity index is 1420. The summed E-state index contributed by atoms with van der Waals surface area (Å²) in [7, 11) is 0. The molecule has 0 saturated carbocycles. The third-order valence-electron chi connectivity index (χ3n) is 5.48. The molecule has 4 aromatic rings. The van der Waals surface area contributed by atoms with Crippen molar-refractivity contribution in [2.75, 3.05) is 5.32 Å². The first-order chi connectivity index (χ1) is 18.0. The lowest BCUT2D eigenvalue weighted by Crippen LogP contribution is -2.13. The van der Waals surface area contributed by atoms with Gasteiger partial charge in [-0.3, -0.25) is 4.79 Å². The van der Waals surface area contributed by atoms with Crippen LogP contribution in [0, 0.1) is 18.3 Å². The number of anilines is 1. The van der Waals surface area contributed by atoms with Crippen molar-refractivity contribution in [3.8, 4) is 17.6 Å². The molecule has 0 aliphatic heterocycles. The molecule has 1 N–H and O–H groups in total. The Morgan fingerprint density at radius 1 is 0.865 bits per heavy atom. The van der Waals surface area contributed by atoms with Crippen LogP contribution < -0.4 is 14.8 Å². The van der Waals surface area contributed by atoms with E-state index in [4.69, 9.17) is 21.1 Å². The second-order valence-electron chi connectivity index (χ2n) is 8.41. The largest absolute Gasteiger partial charge is 0.489 e. The van der Waals surface area contributed by atoms with Crippen molar-refractivity contribution >= 4 is 29.3 Å². The van der Waals surface area contributed by atoms with Crippen LogP contribution in [0.25, 0.3) is 6.08 Å². The molecule has 184 valence electrons. The molecule has 0 spiro atoms. The van der Waals surface area contributed by atoms with Crippen LogP contribution in [0.3, 0.4) is 0 Å². The van der Waals surface area contributed by atoms with E-state index in [0.29, 0.717) is 35.4 Å². The van der Waals surface area contributed by atoms with Crippen molar-refractivity contribution in [2.45, 2.75) is 20.1 Å². The maximum atomic E-state index is 12.7. The fraction of sp³-hybridized carbons (Fsp3) is 0.0968.